The average Bonchev–Trinajstić information content (AvgIpc) is 3.11. The second-order valence-corrected chi connectivity index (χ2v) is 9.52. The molecule has 35 heavy (non-hydrogen) atoms. The fourth-order valence-corrected chi connectivity index (χ4v) is 4.88. The van der Waals surface area contributed by atoms with Gasteiger partial charge in [0.25, 0.3) is 11.5 Å². The lowest BCUT2D eigenvalue weighted by molar-refractivity contribution is -0.137. The molecule has 1 aliphatic heterocycles. The van der Waals surface area contributed by atoms with Crippen LogP contribution in [-0.2, 0) is 9.59 Å². The number of thioether (sulfide) groups is 1. The number of rotatable bonds is 8. The van der Waals surface area contributed by atoms with E-state index in [9.17, 15) is 19.5 Å². The Morgan fingerprint density at radius 2 is 1.97 bits per heavy atom. The van der Waals surface area contributed by atoms with Crippen molar-refractivity contribution in [3.8, 4) is 0 Å². The topological polar surface area (TPSA) is 124 Å². The number of benzene rings is 1. The molecule has 3 heterocycles. The van der Waals surface area contributed by atoms with Gasteiger partial charge in [0, 0.05) is 19.3 Å². The normalized spacial score (nSPS) is 15.7. The molecule has 1 aromatic carbocycles. The number of aryl methyl sites for hydroxylation is 1. The van der Waals surface area contributed by atoms with Gasteiger partial charge in [-0.05, 0) is 30.2 Å². The third-order valence-corrected chi connectivity index (χ3v) is 6.81. The number of nitrogens with one attached hydrogen (secondary N) is 1. The number of aliphatic carboxylic acids is 1. The van der Waals surface area contributed by atoms with Crippen molar-refractivity contribution in [2.45, 2.75) is 19.4 Å². The number of hydrogen-bond acceptors (Lipinski definition) is 8. The number of pyridine rings is 1. The lowest BCUT2D eigenvalue weighted by Gasteiger charge is -2.15. The summed E-state index contributed by atoms with van der Waals surface area (Å²) < 4.78 is 1.62. The highest BCUT2D eigenvalue weighted by atomic mass is 32.2. The first-order valence-corrected chi connectivity index (χ1v) is 11.9. The van der Waals surface area contributed by atoms with Crippen molar-refractivity contribution in [3.05, 3.63) is 80.6 Å². The fraction of sp³-hybridized carbons (Fsp3) is 0.208. The molecule has 0 radical (unpaired) electrons. The smallest absolute Gasteiger partial charge is 0.305 e. The number of carbonyl (C=O) groups excluding carboxylic acids is 1. The van der Waals surface area contributed by atoms with E-state index in [1.165, 1.54) is 15.4 Å². The van der Waals surface area contributed by atoms with E-state index in [1.54, 1.807) is 24.4 Å². The zero-order valence-corrected chi connectivity index (χ0v) is 20.3. The van der Waals surface area contributed by atoms with Crippen molar-refractivity contribution < 1.29 is 19.8 Å². The van der Waals surface area contributed by atoms with Gasteiger partial charge in [-0.2, -0.15) is 0 Å². The number of carbonyl (C=O) groups is 2. The van der Waals surface area contributed by atoms with Gasteiger partial charge in [-0.15, -0.1) is 0 Å². The van der Waals surface area contributed by atoms with Crippen molar-refractivity contribution in [2.75, 3.05) is 18.4 Å². The Morgan fingerprint density at radius 1 is 1.23 bits per heavy atom. The highest BCUT2D eigenvalue weighted by Gasteiger charge is 2.32. The summed E-state index contributed by atoms with van der Waals surface area (Å²) in [6.07, 6.45) is 1.91. The van der Waals surface area contributed by atoms with Gasteiger partial charge >= 0.3 is 5.97 Å². The molecule has 0 saturated carbocycles. The lowest BCUT2D eigenvalue weighted by atomic mass is 10.1. The van der Waals surface area contributed by atoms with Gasteiger partial charge in [0.1, 0.15) is 15.8 Å². The number of aliphatic hydroxyl groups excluding tert-OH is 1. The number of aliphatic hydroxyl groups is 1. The second kappa shape index (κ2) is 10.4. The van der Waals surface area contributed by atoms with Gasteiger partial charge in [-0.25, -0.2) is 4.98 Å². The number of amides is 1. The Bertz CT molecular complexity index is 1400. The molecule has 0 bridgehead atoms. The minimum absolute atomic E-state index is 0.0557. The van der Waals surface area contributed by atoms with Crippen LogP contribution in [0.5, 0.6) is 0 Å². The van der Waals surface area contributed by atoms with Gasteiger partial charge in [0.15, 0.2) is 0 Å². The number of carboxylic acids is 1. The molecule has 0 unspecified atom stereocenters. The van der Waals surface area contributed by atoms with E-state index in [1.807, 2.05) is 31.2 Å². The molecule has 1 atom stereocenters. The van der Waals surface area contributed by atoms with Gasteiger partial charge in [-0.3, -0.25) is 23.7 Å². The molecule has 1 saturated heterocycles. The van der Waals surface area contributed by atoms with Crippen LogP contribution in [0.3, 0.4) is 0 Å². The summed E-state index contributed by atoms with van der Waals surface area (Å²) >= 11 is 6.25. The number of anilines is 1. The highest BCUT2D eigenvalue weighted by Crippen LogP contribution is 2.33. The minimum atomic E-state index is -1.04. The summed E-state index contributed by atoms with van der Waals surface area (Å²) in [7, 11) is 0. The summed E-state index contributed by atoms with van der Waals surface area (Å²) in [5.74, 6) is -1.29. The number of nitrogens with zero attached hydrogens (tertiary/aromatic N) is 3. The average molecular weight is 511 g/mol. The van der Waals surface area contributed by atoms with Crippen LogP contribution in [-0.4, -0.2) is 53.8 Å². The summed E-state index contributed by atoms with van der Waals surface area (Å²) in [6.45, 7) is 1.86. The summed E-state index contributed by atoms with van der Waals surface area (Å²) in [6, 6.07) is 12.6. The number of aromatic nitrogens is 2. The van der Waals surface area contributed by atoms with E-state index in [2.05, 4.69) is 10.3 Å². The molecule has 4 rings (SSSR count). The van der Waals surface area contributed by atoms with Gasteiger partial charge in [0.2, 0.25) is 0 Å². The van der Waals surface area contributed by atoms with Crippen LogP contribution in [0.4, 0.5) is 5.82 Å². The summed E-state index contributed by atoms with van der Waals surface area (Å²) in [5, 5.41) is 22.6. The van der Waals surface area contributed by atoms with E-state index < -0.39 is 23.5 Å². The van der Waals surface area contributed by atoms with Crippen molar-refractivity contribution in [1.82, 2.24) is 14.3 Å². The molecule has 11 heteroatoms. The first-order chi connectivity index (χ1) is 16.8. The van der Waals surface area contributed by atoms with Crippen molar-refractivity contribution >= 4 is 57.7 Å². The largest absolute Gasteiger partial charge is 0.481 e. The Labute approximate surface area is 210 Å². The van der Waals surface area contributed by atoms with Crippen LogP contribution >= 0.6 is 24.0 Å². The quantitative estimate of drug-likeness (QED) is 0.310. The molecule has 3 aromatic rings. The van der Waals surface area contributed by atoms with E-state index >= 15 is 0 Å². The summed E-state index contributed by atoms with van der Waals surface area (Å²) in [5.41, 5.74) is 1.66. The van der Waals surface area contributed by atoms with Crippen molar-refractivity contribution in [1.29, 1.82) is 0 Å². The molecule has 3 N–H and O–H groups in total. The zero-order valence-electron chi connectivity index (χ0n) is 18.7. The van der Waals surface area contributed by atoms with Crippen LogP contribution in [0.15, 0.2) is 58.4 Å². The van der Waals surface area contributed by atoms with Gasteiger partial charge < -0.3 is 15.5 Å². The molecule has 180 valence electrons. The maximum absolute atomic E-state index is 13.4. The molecule has 1 aliphatic rings. The van der Waals surface area contributed by atoms with Crippen LogP contribution in [0.25, 0.3) is 11.7 Å². The number of thiocarbonyl (C=S) groups is 1. The molecule has 9 nitrogen and oxygen atoms in total. The van der Waals surface area contributed by atoms with E-state index in [0.29, 0.717) is 11.2 Å². The predicted molar refractivity (Wildman–Crippen MR) is 138 cm³/mol. The Morgan fingerprint density at radius 3 is 2.69 bits per heavy atom. The van der Waals surface area contributed by atoms with Crippen molar-refractivity contribution in [2.24, 2.45) is 0 Å². The maximum Gasteiger partial charge on any atom is 0.305 e. The first-order valence-electron chi connectivity index (χ1n) is 10.7. The molecular weight excluding hydrogens is 488 g/mol. The van der Waals surface area contributed by atoms with E-state index in [0.717, 1.165) is 17.3 Å². The van der Waals surface area contributed by atoms with E-state index in [-0.39, 0.29) is 40.1 Å². The monoisotopic (exact) mass is 510 g/mol. The Hall–Kier alpha value is -3.54. The molecule has 1 fully saturated rings. The molecule has 1 amide bonds. The van der Waals surface area contributed by atoms with Crippen LogP contribution < -0.4 is 10.9 Å². The third-order valence-electron chi connectivity index (χ3n) is 5.43. The highest BCUT2D eigenvalue weighted by molar-refractivity contribution is 8.26. The minimum Gasteiger partial charge on any atom is -0.481 e. The maximum atomic E-state index is 13.4. The summed E-state index contributed by atoms with van der Waals surface area (Å²) in [4.78, 5) is 43.3. The number of carboxylic acid groups (broad SMARTS) is 1. The van der Waals surface area contributed by atoms with Crippen LogP contribution in [0, 0.1) is 6.92 Å². The molecular formula is C24H22N4O5S2. The predicted octanol–water partition coefficient (Wildman–Crippen LogP) is 2.82. The zero-order chi connectivity index (χ0) is 25.1. The molecule has 0 spiro atoms. The van der Waals surface area contributed by atoms with Crippen LogP contribution in [0.2, 0.25) is 0 Å². The standard InChI is InChI=1S/C24H22N4O5S2/c1-14-6-5-10-27-21(14)26-20(25-13-17(29)15-7-3-2-4-8-15)16(22(27)32)12-18-23(33)28(24(34)35-18)11-9-19(30)31/h2-8,10,12,17,25,29H,9,11,13H2,1H3,(H,30,31)/b18-12-/t17-/m1/s1. The SMILES string of the molecule is Cc1cccn2c(=O)c(/C=C3\SC(=S)N(CCC(=O)O)C3=O)c(NC[C@@H](O)c3ccccc3)nc12. The lowest BCUT2D eigenvalue weighted by Crippen LogP contribution is -2.30. The first kappa shape index (κ1) is 24.6. The van der Waals surface area contributed by atoms with Crippen LogP contribution in [0.1, 0.15) is 29.2 Å². The van der Waals surface area contributed by atoms with Gasteiger partial charge in [-0.1, -0.05) is 60.4 Å². The Balaban J connectivity index is 1.73. The third kappa shape index (κ3) is 5.26. The van der Waals surface area contributed by atoms with Crippen molar-refractivity contribution in [3.63, 3.8) is 0 Å². The van der Waals surface area contributed by atoms with E-state index in [4.69, 9.17) is 17.3 Å². The Kier molecular flexibility index (Phi) is 7.29. The second-order valence-electron chi connectivity index (χ2n) is 7.85. The number of fused-ring (bicyclic) bond motifs is 1. The van der Waals surface area contributed by atoms with Gasteiger partial charge in [0.05, 0.1) is 23.0 Å². The molecule has 2 aromatic heterocycles. The number of hydrogen-bond donors (Lipinski definition) is 3. The molecule has 0 aliphatic carbocycles. The fourth-order valence-electron chi connectivity index (χ4n) is 3.59.